The van der Waals surface area contributed by atoms with Gasteiger partial charge in [-0.25, -0.2) is 0 Å². The molecule has 1 unspecified atom stereocenters. The van der Waals surface area contributed by atoms with Crippen LogP contribution in [0.1, 0.15) is 35.7 Å². The number of aromatic nitrogens is 2. The highest BCUT2D eigenvalue weighted by Crippen LogP contribution is 2.30. The van der Waals surface area contributed by atoms with E-state index in [0.717, 1.165) is 11.3 Å². The second-order valence-corrected chi connectivity index (χ2v) is 5.30. The molecule has 0 fully saturated rings. The fourth-order valence-corrected chi connectivity index (χ4v) is 2.61. The Morgan fingerprint density at radius 1 is 1.41 bits per heavy atom. The Bertz CT molecular complexity index is 480. The SMILES string of the molecule is CCC(NC)c1nnc(-c2cc(C)c(C)s2)o1. The van der Waals surface area contributed by atoms with Gasteiger partial charge in [-0.15, -0.1) is 21.5 Å². The second kappa shape index (κ2) is 4.98. The summed E-state index contributed by atoms with van der Waals surface area (Å²) in [5.41, 5.74) is 1.27. The Labute approximate surface area is 105 Å². The molecule has 2 aromatic rings. The van der Waals surface area contributed by atoms with Gasteiger partial charge in [0, 0.05) is 4.88 Å². The van der Waals surface area contributed by atoms with Crippen LogP contribution in [0.4, 0.5) is 0 Å². The smallest absolute Gasteiger partial charge is 0.257 e. The van der Waals surface area contributed by atoms with Gasteiger partial charge >= 0.3 is 0 Å². The lowest BCUT2D eigenvalue weighted by Crippen LogP contribution is -2.15. The Morgan fingerprint density at radius 2 is 2.18 bits per heavy atom. The molecule has 17 heavy (non-hydrogen) atoms. The largest absolute Gasteiger partial charge is 0.418 e. The van der Waals surface area contributed by atoms with E-state index in [1.165, 1.54) is 10.4 Å². The van der Waals surface area contributed by atoms with Crippen molar-refractivity contribution < 1.29 is 4.42 Å². The number of hydrogen-bond acceptors (Lipinski definition) is 5. The second-order valence-electron chi connectivity index (χ2n) is 4.04. The monoisotopic (exact) mass is 251 g/mol. The third-order valence-corrected chi connectivity index (χ3v) is 4.01. The van der Waals surface area contributed by atoms with E-state index in [2.05, 4.69) is 42.4 Å². The van der Waals surface area contributed by atoms with E-state index in [1.807, 2.05) is 7.05 Å². The summed E-state index contributed by atoms with van der Waals surface area (Å²) in [6, 6.07) is 2.23. The highest BCUT2D eigenvalue weighted by Gasteiger charge is 2.17. The normalized spacial score (nSPS) is 12.9. The van der Waals surface area contributed by atoms with Crippen LogP contribution in [0, 0.1) is 13.8 Å². The first-order valence-electron chi connectivity index (χ1n) is 5.73. The van der Waals surface area contributed by atoms with Crippen LogP contribution >= 0.6 is 11.3 Å². The van der Waals surface area contributed by atoms with E-state index in [-0.39, 0.29) is 6.04 Å². The van der Waals surface area contributed by atoms with E-state index < -0.39 is 0 Å². The summed E-state index contributed by atoms with van der Waals surface area (Å²) in [6.07, 6.45) is 0.931. The lowest BCUT2D eigenvalue weighted by molar-refractivity contribution is 0.415. The first kappa shape index (κ1) is 12.3. The topological polar surface area (TPSA) is 51.0 Å². The van der Waals surface area contributed by atoms with Gasteiger partial charge in [0.25, 0.3) is 5.89 Å². The first-order valence-corrected chi connectivity index (χ1v) is 6.55. The van der Waals surface area contributed by atoms with Gasteiger partial charge in [-0.1, -0.05) is 6.92 Å². The summed E-state index contributed by atoms with van der Waals surface area (Å²) in [5, 5.41) is 11.4. The molecule has 0 saturated heterocycles. The highest BCUT2D eigenvalue weighted by atomic mass is 32.1. The van der Waals surface area contributed by atoms with Crippen molar-refractivity contribution in [1.29, 1.82) is 0 Å². The van der Waals surface area contributed by atoms with Gasteiger partial charge in [-0.3, -0.25) is 0 Å². The van der Waals surface area contributed by atoms with Crippen LogP contribution in [-0.2, 0) is 0 Å². The third kappa shape index (κ3) is 2.40. The van der Waals surface area contributed by atoms with Gasteiger partial charge in [0.2, 0.25) is 5.89 Å². The van der Waals surface area contributed by atoms with Crippen LogP contribution < -0.4 is 5.32 Å². The van der Waals surface area contributed by atoms with Crippen molar-refractivity contribution >= 4 is 11.3 Å². The van der Waals surface area contributed by atoms with Crippen LogP contribution in [0.25, 0.3) is 10.8 Å². The maximum Gasteiger partial charge on any atom is 0.257 e. The fourth-order valence-electron chi connectivity index (χ4n) is 1.66. The van der Waals surface area contributed by atoms with Crippen molar-refractivity contribution in [2.24, 2.45) is 0 Å². The van der Waals surface area contributed by atoms with E-state index >= 15 is 0 Å². The summed E-state index contributed by atoms with van der Waals surface area (Å²) in [4.78, 5) is 2.34. The van der Waals surface area contributed by atoms with E-state index in [1.54, 1.807) is 11.3 Å². The molecule has 0 aliphatic carbocycles. The predicted octanol–water partition coefficient (Wildman–Crippen LogP) is 3.09. The maximum absolute atomic E-state index is 5.71. The average Bonchev–Trinajstić information content (AvgIpc) is 2.89. The van der Waals surface area contributed by atoms with Gasteiger partial charge in [0.1, 0.15) is 0 Å². The molecule has 0 radical (unpaired) electrons. The van der Waals surface area contributed by atoms with Crippen molar-refractivity contribution in [2.45, 2.75) is 33.2 Å². The molecule has 1 atom stereocenters. The summed E-state index contributed by atoms with van der Waals surface area (Å²) in [6.45, 7) is 6.28. The number of nitrogens with zero attached hydrogens (tertiary/aromatic N) is 2. The lowest BCUT2D eigenvalue weighted by atomic mass is 10.2. The summed E-state index contributed by atoms with van der Waals surface area (Å²) in [7, 11) is 1.90. The first-order chi connectivity index (χ1) is 8.15. The van der Waals surface area contributed by atoms with Gasteiger partial charge < -0.3 is 9.73 Å². The standard InChI is InChI=1S/C12H17N3OS/c1-5-9(13-4)11-14-15-12(16-11)10-6-7(2)8(3)17-10/h6,9,13H,5H2,1-4H3. The molecule has 5 heteroatoms. The highest BCUT2D eigenvalue weighted by molar-refractivity contribution is 7.15. The molecule has 4 nitrogen and oxygen atoms in total. The van der Waals surface area contributed by atoms with Crippen LogP contribution in [0.3, 0.4) is 0 Å². The van der Waals surface area contributed by atoms with Gasteiger partial charge in [0.05, 0.1) is 10.9 Å². The predicted molar refractivity (Wildman–Crippen MR) is 69.2 cm³/mol. The number of aryl methyl sites for hydroxylation is 2. The number of thiophene rings is 1. The molecule has 92 valence electrons. The molecule has 2 aromatic heterocycles. The quantitative estimate of drug-likeness (QED) is 0.907. The molecule has 0 aliphatic heterocycles. The maximum atomic E-state index is 5.71. The number of rotatable bonds is 4. The average molecular weight is 251 g/mol. The zero-order chi connectivity index (χ0) is 12.4. The van der Waals surface area contributed by atoms with E-state index in [9.17, 15) is 0 Å². The van der Waals surface area contributed by atoms with Crippen molar-refractivity contribution in [3.05, 3.63) is 22.4 Å². The van der Waals surface area contributed by atoms with Gasteiger partial charge in [0.15, 0.2) is 0 Å². The molecule has 0 aromatic carbocycles. The number of nitrogens with one attached hydrogen (secondary N) is 1. The minimum absolute atomic E-state index is 0.137. The van der Waals surface area contributed by atoms with E-state index in [4.69, 9.17) is 4.42 Å². The van der Waals surface area contributed by atoms with Crippen molar-refractivity contribution in [3.8, 4) is 10.8 Å². The third-order valence-electron chi connectivity index (χ3n) is 2.87. The molecule has 0 aliphatic rings. The molecule has 2 rings (SSSR count). The number of hydrogen-bond donors (Lipinski definition) is 1. The zero-order valence-corrected chi connectivity index (χ0v) is 11.4. The summed E-state index contributed by atoms with van der Waals surface area (Å²) in [5.74, 6) is 1.28. The minimum Gasteiger partial charge on any atom is -0.418 e. The summed E-state index contributed by atoms with van der Waals surface area (Å²) >= 11 is 1.69. The molecular formula is C12H17N3OS. The molecule has 2 heterocycles. The van der Waals surface area contributed by atoms with Crippen molar-refractivity contribution in [2.75, 3.05) is 7.05 Å². The van der Waals surface area contributed by atoms with Crippen LogP contribution in [0.5, 0.6) is 0 Å². The van der Waals surface area contributed by atoms with Gasteiger partial charge in [-0.2, -0.15) is 0 Å². The Hall–Kier alpha value is -1.20. The molecule has 0 saturated carbocycles. The van der Waals surface area contributed by atoms with Crippen LogP contribution in [0.15, 0.2) is 10.5 Å². The van der Waals surface area contributed by atoms with Crippen molar-refractivity contribution in [1.82, 2.24) is 15.5 Å². The van der Waals surface area contributed by atoms with Crippen LogP contribution in [-0.4, -0.2) is 17.2 Å². The molecule has 0 bridgehead atoms. The molecule has 0 amide bonds. The zero-order valence-electron chi connectivity index (χ0n) is 10.6. The molecular weight excluding hydrogens is 234 g/mol. The van der Waals surface area contributed by atoms with Crippen LogP contribution in [0.2, 0.25) is 0 Å². The fraction of sp³-hybridized carbons (Fsp3) is 0.500. The van der Waals surface area contributed by atoms with E-state index in [0.29, 0.717) is 11.8 Å². The van der Waals surface area contributed by atoms with Crippen molar-refractivity contribution in [3.63, 3.8) is 0 Å². The Morgan fingerprint density at radius 3 is 2.71 bits per heavy atom. The molecule has 1 N–H and O–H groups in total. The Balaban J connectivity index is 2.29. The minimum atomic E-state index is 0.137. The lowest BCUT2D eigenvalue weighted by Gasteiger charge is -2.06. The Kier molecular flexibility index (Phi) is 3.59. The van der Waals surface area contributed by atoms with Gasteiger partial charge in [-0.05, 0) is 38.9 Å². The molecule has 0 spiro atoms. The summed E-state index contributed by atoms with van der Waals surface area (Å²) < 4.78 is 5.71.